The van der Waals surface area contributed by atoms with Crippen LogP contribution < -0.4 is 5.32 Å². The van der Waals surface area contributed by atoms with Gasteiger partial charge in [0.15, 0.2) is 5.16 Å². The average Bonchev–Trinajstić information content (AvgIpc) is 3.06. The van der Waals surface area contributed by atoms with E-state index in [0.717, 1.165) is 22.5 Å². The number of aryl methyl sites for hydroxylation is 1. The Bertz CT molecular complexity index is 876. The molecule has 1 amide bonds. The van der Waals surface area contributed by atoms with Crippen LogP contribution in [0.1, 0.15) is 12.5 Å². The van der Waals surface area contributed by atoms with Crippen LogP contribution in [0.15, 0.2) is 59.9 Å². The normalized spacial score (nSPS) is 12.0. The van der Waals surface area contributed by atoms with Crippen molar-refractivity contribution in [3.05, 3.63) is 66.1 Å². The fourth-order valence-corrected chi connectivity index (χ4v) is 3.09. The number of halogens is 1. The molecule has 3 rings (SSSR count). The second-order valence-corrected chi connectivity index (χ2v) is 7.00. The summed E-state index contributed by atoms with van der Waals surface area (Å²) in [5.74, 6) is -0.363. The number of nitrogens with zero attached hydrogens (tertiary/aromatic N) is 1. The summed E-state index contributed by atoms with van der Waals surface area (Å²) in [5.41, 5.74) is 3.46. The summed E-state index contributed by atoms with van der Waals surface area (Å²) in [6.07, 6.45) is 1.68. The number of carbonyl (C=O) groups excluding carboxylic acids is 1. The van der Waals surface area contributed by atoms with Crippen molar-refractivity contribution >= 4 is 23.4 Å². The van der Waals surface area contributed by atoms with E-state index in [1.54, 1.807) is 18.3 Å². The fraction of sp³-hybridized carbons (Fsp3) is 0.158. The predicted molar refractivity (Wildman–Crippen MR) is 99.1 cm³/mol. The molecular formula is C19H18FN3OS. The van der Waals surface area contributed by atoms with E-state index in [1.807, 2.05) is 38.1 Å². The van der Waals surface area contributed by atoms with Gasteiger partial charge in [0.25, 0.3) is 0 Å². The molecule has 25 heavy (non-hydrogen) atoms. The van der Waals surface area contributed by atoms with Crippen molar-refractivity contribution in [1.82, 2.24) is 9.97 Å². The Morgan fingerprint density at radius 1 is 1.20 bits per heavy atom. The third-order valence-corrected chi connectivity index (χ3v) is 4.77. The van der Waals surface area contributed by atoms with Gasteiger partial charge in [-0.3, -0.25) is 4.79 Å². The smallest absolute Gasteiger partial charge is 0.237 e. The summed E-state index contributed by atoms with van der Waals surface area (Å²) in [6, 6.07) is 13.8. The Kier molecular flexibility index (Phi) is 5.19. The number of amides is 1. The maximum atomic E-state index is 13.0. The third kappa shape index (κ3) is 4.28. The summed E-state index contributed by atoms with van der Waals surface area (Å²) in [5, 5.41) is 3.26. The Balaban J connectivity index is 1.65. The van der Waals surface area contributed by atoms with Crippen molar-refractivity contribution in [2.75, 3.05) is 5.32 Å². The van der Waals surface area contributed by atoms with Gasteiger partial charge in [0.1, 0.15) is 5.82 Å². The van der Waals surface area contributed by atoms with Crippen LogP contribution in [0.2, 0.25) is 0 Å². The van der Waals surface area contributed by atoms with Crippen LogP contribution in [0, 0.1) is 12.7 Å². The lowest BCUT2D eigenvalue weighted by Gasteiger charge is -2.12. The third-order valence-electron chi connectivity index (χ3n) is 3.77. The molecule has 0 bridgehead atoms. The number of rotatable bonds is 5. The molecule has 3 aromatic rings. The second kappa shape index (κ2) is 7.53. The molecule has 2 N–H and O–H groups in total. The highest BCUT2D eigenvalue weighted by molar-refractivity contribution is 8.00. The van der Waals surface area contributed by atoms with Gasteiger partial charge in [-0.15, -0.1) is 0 Å². The van der Waals surface area contributed by atoms with Gasteiger partial charge in [-0.2, -0.15) is 0 Å². The van der Waals surface area contributed by atoms with Crippen molar-refractivity contribution < 1.29 is 9.18 Å². The van der Waals surface area contributed by atoms with Crippen LogP contribution in [0.3, 0.4) is 0 Å². The molecule has 0 saturated carbocycles. The molecule has 0 saturated heterocycles. The number of para-hydroxylation sites is 1. The number of thioether (sulfide) groups is 1. The summed E-state index contributed by atoms with van der Waals surface area (Å²) < 4.78 is 13.0. The molecule has 1 heterocycles. The number of aromatic nitrogens is 2. The van der Waals surface area contributed by atoms with Crippen molar-refractivity contribution in [3.63, 3.8) is 0 Å². The van der Waals surface area contributed by atoms with Gasteiger partial charge < -0.3 is 10.3 Å². The predicted octanol–water partition coefficient (Wildman–Crippen LogP) is 4.64. The van der Waals surface area contributed by atoms with E-state index in [1.165, 1.54) is 23.9 Å². The Morgan fingerprint density at radius 3 is 2.64 bits per heavy atom. The molecule has 0 fully saturated rings. The van der Waals surface area contributed by atoms with E-state index in [4.69, 9.17) is 0 Å². The Morgan fingerprint density at radius 2 is 1.92 bits per heavy atom. The average molecular weight is 355 g/mol. The molecule has 0 aliphatic heterocycles. The highest BCUT2D eigenvalue weighted by atomic mass is 32.2. The van der Waals surface area contributed by atoms with Crippen molar-refractivity contribution in [2.24, 2.45) is 0 Å². The summed E-state index contributed by atoms with van der Waals surface area (Å²) in [4.78, 5) is 19.8. The van der Waals surface area contributed by atoms with Gasteiger partial charge in [-0.05, 0) is 55.3 Å². The molecule has 1 aromatic heterocycles. The number of anilines is 1. The van der Waals surface area contributed by atoms with E-state index >= 15 is 0 Å². The largest absolute Gasteiger partial charge is 0.333 e. The number of benzene rings is 2. The summed E-state index contributed by atoms with van der Waals surface area (Å²) in [7, 11) is 0. The standard InChI is InChI=1S/C19H18FN3OS/c1-12-5-3-4-6-16(12)22-18(24)13(2)25-19-21-11-17(23-19)14-7-9-15(20)10-8-14/h3-11,13H,1-2H3,(H,21,23)(H,22,24). The monoisotopic (exact) mass is 355 g/mol. The Labute approximate surface area is 149 Å². The first-order chi connectivity index (χ1) is 12.0. The first-order valence-corrected chi connectivity index (χ1v) is 8.75. The lowest BCUT2D eigenvalue weighted by Crippen LogP contribution is -2.22. The van der Waals surface area contributed by atoms with E-state index in [2.05, 4.69) is 15.3 Å². The molecular weight excluding hydrogens is 337 g/mol. The number of imidazole rings is 1. The van der Waals surface area contributed by atoms with Crippen LogP contribution in [0.5, 0.6) is 0 Å². The maximum absolute atomic E-state index is 13.0. The van der Waals surface area contributed by atoms with Crippen molar-refractivity contribution in [2.45, 2.75) is 24.3 Å². The first-order valence-electron chi connectivity index (χ1n) is 7.87. The van der Waals surface area contributed by atoms with Gasteiger partial charge in [-0.25, -0.2) is 9.37 Å². The number of nitrogens with one attached hydrogen (secondary N) is 2. The van der Waals surface area contributed by atoms with Crippen LogP contribution >= 0.6 is 11.8 Å². The molecule has 6 heteroatoms. The lowest BCUT2D eigenvalue weighted by molar-refractivity contribution is -0.115. The highest BCUT2D eigenvalue weighted by Crippen LogP contribution is 2.25. The van der Waals surface area contributed by atoms with Crippen molar-refractivity contribution in [3.8, 4) is 11.3 Å². The summed E-state index contributed by atoms with van der Waals surface area (Å²) in [6.45, 7) is 3.79. The lowest BCUT2D eigenvalue weighted by atomic mass is 10.2. The number of carbonyl (C=O) groups is 1. The molecule has 4 nitrogen and oxygen atoms in total. The first kappa shape index (κ1) is 17.2. The highest BCUT2D eigenvalue weighted by Gasteiger charge is 2.17. The minimum absolute atomic E-state index is 0.0842. The Hall–Kier alpha value is -2.60. The number of H-pyrrole nitrogens is 1. The molecule has 0 spiro atoms. The maximum Gasteiger partial charge on any atom is 0.237 e. The van der Waals surface area contributed by atoms with E-state index in [9.17, 15) is 9.18 Å². The van der Waals surface area contributed by atoms with Crippen molar-refractivity contribution in [1.29, 1.82) is 0 Å². The molecule has 128 valence electrons. The van der Waals surface area contributed by atoms with Crippen LogP contribution in [-0.4, -0.2) is 21.1 Å². The van der Waals surface area contributed by atoms with Gasteiger partial charge >= 0.3 is 0 Å². The van der Waals surface area contributed by atoms with E-state index < -0.39 is 0 Å². The van der Waals surface area contributed by atoms with Crippen LogP contribution in [0.25, 0.3) is 11.3 Å². The van der Waals surface area contributed by atoms with Gasteiger partial charge in [0.2, 0.25) is 5.91 Å². The van der Waals surface area contributed by atoms with Gasteiger partial charge in [0.05, 0.1) is 17.1 Å². The summed E-state index contributed by atoms with van der Waals surface area (Å²) >= 11 is 1.34. The topological polar surface area (TPSA) is 57.8 Å². The van der Waals surface area contributed by atoms with Crippen LogP contribution in [-0.2, 0) is 4.79 Å². The second-order valence-electron chi connectivity index (χ2n) is 5.67. The zero-order valence-electron chi connectivity index (χ0n) is 13.9. The molecule has 0 aliphatic rings. The quantitative estimate of drug-likeness (QED) is 0.655. The van der Waals surface area contributed by atoms with Gasteiger partial charge in [0, 0.05) is 5.69 Å². The number of aromatic amines is 1. The minimum Gasteiger partial charge on any atom is -0.333 e. The number of hydrogen-bond acceptors (Lipinski definition) is 3. The fourth-order valence-electron chi connectivity index (χ4n) is 2.31. The SMILES string of the molecule is Cc1ccccc1NC(=O)C(C)Sc1ncc(-c2ccc(F)cc2)[nH]1. The van der Waals surface area contributed by atoms with E-state index in [0.29, 0.717) is 5.16 Å². The zero-order chi connectivity index (χ0) is 17.8. The molecule has 2 aromatic carbocycles. The van der Waals surface area contributed by atoms with Crippen LogP contribution in [0.4, 0.5) is 10.1 Å². The molecule has 1 unspecified atom stereocenters. The number of hydrogen-bond donors (Lipinski definition) is 2. The molecule has 1 atom stereocenters. The molecule has 0 radical (unpaired) electrons. The van der Waals surface area contributed by atoms with Gasteiger partial charge in [-0.1, -0.05) is 30.0 Å². The molecule has 0 aliphatic carbocycles. The zero-order valence-corrected chi connectivity index (χ0v) is 14.7. The minimum atomic E-state index is -0.313. The van der Waals surface area contributed by atoms with E-state index in [-0.39, 0.29) is 17.0 Å².